The number of thiazole rings is 1. The zero-order valence-corrected chi connectivity index (χ0v) is 25.0. The van der Waals surface area contributed by atoms with Crippen LogP contribution in [-0.4, -0.2) is 29.3 Å². The van der Waals surface area contributed by atoms with Crippen LogP contribution in [0.15, 0.2) is 77.1 Å². The van der Waals surface area contributed by atoms with Crippen LogP contribution in [0, 0.1) is 24.5 Å². The summed E-state index contributed by atoms with van der Waals surface area (Å²) in [5, 5.41) is 12.7. The number of hydrogen-bond acceptors (Lipinski definition) is 8. The van der Waals surface area contributed by atoms with Crippen LogP contribution in [0.2, 0.25) is 0 Å². The van der Waals surface area contributed by atoms with Gasteiger partial charge >= 0.3 is 6.15 Å². The number of primary sulfonamides is 1. The van der Waals surface area contributed by atoms with E-state index in [-0.39, 0.29) is 18.3 Å². The molecule has 0 bridgehead atoms. The summed E-state index contributed by atoms with van der Waals surface area (Å²) in [6.45, 7) is 1.96. The Hall–Kier alpha value is -4.55. The van der Waals surface area contributed by atoms with Crippen molar-refractivity contribution in [2.75, 3.05) is 0 Å². The predicted octanol–water partition coefficient (Wildman–Crippen LogP) is 5.98. The Morgan fingerprint density at radius 2 is 1.77 bits per heavy atom. The number of ether oxygens (including phenoxy) is 1. The molecule has 0 radical (unpaired) electrons. The van der Waals surface area contributed by atoms with Crippen LogP contribution in [0.25, 0.3) is 16.4 Å². The Labute approximate surface area is 256 Å². The van der Waals surface area contributed by atoms with Crippen molar-refractivity contribution >= 4 is 27.5 Å². The van der Waals surface area contributed by atoms with Crippen molar-refractivity contribution in [1.29, 1.82) is 0 Å². The van der Waals surface area contributed by atoms with Gasteiger partial charge in [0.1, 0.15) is 16.5 Å². The minimum atomic E-state index is -4.20. The summed E-state index contributed by atoms with van der Waals surface area (Å²) < 4.78 is 60.9. The highest BCUT2D eigenvalue weighted by atomic mass is 32.2. The molecule has 3 aromatic carbocycles. The summed E-state index contributed by atoms with van der Waals surface area (Å²) in [5.41, 5.74) is 4.56. The highest BCUT2D eigenvalue weighted by Crippen LogP contribution is 2.39. The molecule has 226 valence electrons. The highest BCUT2D eigenvalue weighted by molar-refractivity contribution is 7.89. The van der Waals surface area contributed by atoms with E-state index in [1.165, 1.54) is 29.5 Å². The zero-order chi connectivity index (χ0) is 31.4. The molecule has 0 saturated heterocycles. The largest absolute Gasteiger partial charge is 0.454 e. The maximum atomic E-state index is 14.9. The van der Waals surface area contributed by atoms with Crippen molar-refractivity contribution in [3.05, 3.63) is 106 Å². The molecule has 13 heteroatoms. The number of sulfonamides is 1. The van der Waals surface area contributed by atoms with Gasteiger partial charge in [-0.1, -0.05) is 23.8 Å². The van der Waals surface area contributed by atoms with Crippen molar-refractivity contribution in [2.24, 2.45) is 11.1 Å². The number of rotatable bonds is 9. The third-order valence-electron chi connectivity index (χ3n) is 7.01. The van der Waals surface area contributed by atoms with Gasteiger partial charge in [0.15, 0.2) is 11.6 Å². The maximum absolute atomic E-state index is 14.9. The van der Waals surface area contributed by atoms with E-state index in [9.17, 15) is 17.2 Å². The van der Waals surface area contributed by atoms with Gasteiger partial charge in [-0.2, -0.15) is 14.7 Å². The molecule has 0 aliphatic heterocycles. The van der Waals surface area contributed by atoms with Crippen molar-refractivity contribution in [3.8, 4) is 27.9 Å². The van der Waals surface area contributed by atoms with Crippen LogP contribution in [-0.2, 0) is 32.5 Å². The van der Waals surface area contributed by atoms with Gasteiger partial charge in [0.05, 0.1) is 11.4 Å². The van der Waals surface area contributed by atoms with E-state index in [0.29, 0.717) is 33.6 Å². The van der Waals surface area contributed by atoms with Crippen LogP contribution in [0.4, 0.5) is 8.78 Å². The van der Waals surface area contributed by atoms with Crippen LogP contribution < -0.4 is 9.88 Å². The molecule has 1 aliphatic rings. The quantitative estimate of drug-likeness (QED) is 0.210. The van der Waals surface area contributed by atoms with Gasteiger partial charge in [0, 0.05) is 29.1 Å². The van der Waals surface area contributed by atoms with E-state index >= 15 is 0 Å². The first-order valence-electron chi connectivity index (χ1n) is 13.4. The molecular weight excluding hydrogens is 610 g/mol. The van der Waals surface area contributed by atoms with Gasteiger partial charge < -0.3 is 4.74 Å². The third-order valence-corrected chi connectivity index (χ3v) is 8.70. The minimum absolute atomic E-state index is 0.0494. The summed E-state index contributed by atoms with van der Waals surface area (Å²) in [5.74, 6) is -0.396. The van der Waals surface area contributed by atoms with E-state index in [0.717, 1.165) is 36.1 Å². The second-order valence-corrected chi connectivity index (χ2v) is 12.7. The third kappa shape index (κ3) is 7.14. The van der Waals surface area contributed by atoms with Crippen molar-refractivity contribution < 1.29 is 31.5 Å². The van der Waals surface area contributed by atoms with Gasteiger partial charge in [-0.05, 0) is 80.1 Å². The molecule has 44 heavy (non-hydrogen) atoms. The van der Waals surface area contributed by atoms with E-state index in [1.54, 1.807) is 36.5 Å². The fourth-order valence-corrected chi connectivity index (χ4v) is 5.94. The number of aryl methyl sites for hydroxylation is 1. The summed E-state index contributed by atoms with van der Waals surface area (Å²) in [6, 6.07) is 15.8. The minimum Gasteiger partial charge on any atom is -0.454 e. The second kappa shape index (κ2) is 13.0. The van der Waals surface area contributed by atoms with Gasteiger partial charge in [0.25, 0.3) is 0 Å². The maximum Gasteiger partial charge on any atom is 0.373 e. The lowest BCUT2D eigenvalue weighted by atomic mass is 9.96. The molecular formula is C31H26F2N4O5S2. The van der Waals surface area contributed by atoms with Crippen molar-refractivity contribution in [1.82, 2.24) is 14.8 Å². The number of hydrogen-bond donors (Lipinski definition) is 1. The van der Waals surface area contributed by atoms with E-state index in [2.05, 4.69) is 4.98 Å². The number of carbonyl (C=O) groups excluding carboxylic acids is 2. The number of nitrogens with two attached hydrogens (primary N) is 1. The summed E-state index contributed by atoms with van der Waals surface area (Å²) in [7, 11) is -4.20. The Balaban J connectivity index is 0.00000123. The fourth-order valence-electron chi connectivity index (χ4n) is 4.74. The summed E-state index contributed by atoms with van der Waals surface area (Å²) in [6.07, 6.45) is 5.15. The Bertz CT molecular complexity index is 1930. The lowest BCUT2D eigenvalue weighted by Gasteiger charge is -2.11. The molecule has 0 amide bonds. The van der Waals surface area contributed by atoms with Crippen LogP contribution >= 0.6 is 11.3 Å². The SMILES string of the molecule is Cc1ccc(Oc2cc(-c3nn(-c4nccs4)c(CC4CC4)c3Cc3ccc(S(N)(=O)=O)c(F)c3)ccc2F)cc1.O=C=O. The molecule has 1 saturated carbocycles. The fraction of sp³-hybridized carbons (Fsp3) is 0.194. The van der Waals surface area contributed by atoms with Gasteiger partial charge in [0.2, 0.25) is 15.2 Å². The van der Waals surface area contributed by atoms with Crippen molar-refractivity contribution in [3.63, 3.8) is 0 Å². The van der Waals surface area contributed by atoms with Gasteiger partial charge in [-0.25, -0.2) is 32.0 Å². The Morgan fingerprint density at radius 1 is 1.05 bits per heavy atom. The Morgan fingerprint density at radius 3 is 2.39 bits per heavy atom. The first-order valence-corrected chi connectivity index (χ1v) is 15.9. The first kappa shape index (κ1) is 30.9. The molecule has 5 aromatic rings. The van der Waals surface area contributed by atoms with E-state index < -0.39 is 26.6 Å². The van der Waals surface area contributed by atoms with Crippen LogP contribution in [0.3, 0.4) is 0 Å². The monoisotopic (exact) mass is 636 g/mol. The lowest BCUT2D eigenvalue weighted by Crippen LogP contribution is -2.14. The zero-order valence-electron chi connectivity index (χ0n) is 23.4. The molecule has 1 aliphatic carbocycles. The smallest absolute Gasteiger partial charge is 0.373 e. The van der Waals surface area contributed by atoms with Crippen molar-refractivity contribution in [2.45, 2.75) is 37.5 Å². The molecule has 0 atom stereocenters. The van der Waals surface area contributed by atoms with Crippen LogP contribution in [0.5, 0.6) is 11.5 Å². The molecule has 0 unspecified atom stereocenters. The summed E-state index contributed by atoms with van der Waals surface area (Å²) in [4.78, 5) is 20.2. The molecule has 9 nitrogen and oxygen atoms in total. The van der Waals surface area contributed by atoms with Gasteiger partial charge in [-0.3, -0.25) is 0 Å². The predicted molar refractivity (Wildman–Crippen MR) is 158 cm³/mol. The van der Waals surface area contributed by atoms with Gasteiger partial charge in [-0.15, -0.1) is 11.3 Å². The molecule has 2 heterocycles. The average Bonchev–Trinajstić information content (AvgIpc) is 3.49. The first-order chi connectivity index (χ1) is 21.1. The van der Waals surface area contributed by atoms with E-state index in [4.69, 9.17) is 24.6 Å². The highest BCUT2D eigenvalue weighted by Gasteiger charge is 2.29. The van der Waals surface area contributed by atoms with E-state index in [1.807, 2.05) is 29.1 Å². The Kier molecular flexibility index (Phi) is 9.12. The molecule has 2 aromatic heterocycles. The topological polar surface area (TPSA) is 134 Å². The number of halogens is 2. The molecule has 6 rings (SSSR count). The molecule has 2 N–H and O–H groups in total. The number of benzene rings is 3. The molecule has 0 spiro atoms. The number of nitrogens with zero attached hydrogens (tertiary/aromatic N) is 3. The standard InChI is InChI=1S/C30H26F2N4O3S2.CO2/c1-18-2-8-22(9-3-18)39-27-17-21(7-10-24(27)31)29-23(14-20-6-11-28(25(32)15-20)41(33,37)38)26(16-19-4-5-19)36(35-29)30-34-12-13-40-30;2-1-3/h2-3,6-13,15,17,19H,4-5,14,16H2,1H3,(H2,33,37,38);. The number of aromatic nitrogens is 3. The average molecular weight is 637 g/mol. The van der Waals surface area contributed by atoms with Crippen LogP contribution in [0.1, 0.15) is 35.2 Å². The molecule has 1 fully saturated rings. The second-order valence-electron chi connectivity index (χ2n) is 10.3. The normalized spacial score (nSPS) is 12.7. The lowest BCUT2D eigenvalue weighted by molar-refractivity contribution is -0.191. The summed E-state index contributed by atoms with van der Waals surface area (Å²) >= 11 is 1.44.